The molecule has 0 amide bonds. The molecule has 0 radical (unpaired) electrons. The highest BCUT2D eigenvalue weighted by atomic mass is 16.5. The van der Waals surface area contributed by atoms with Crippen molar-refractivity contribution in [1.82, 2.24) is 9.97 Å². The zero-order chi connectivity index (χ0) is 20.3. The Labute approximate surface area is 174 Å². The topological polar surface area (TPSA) is 61.0 Å². The second-order valence-corrected chi connectivity index (χ2v) is 7.40. The molecule has 0 fully saturated rings. The summed E-state index contributed by atoms with van der Waals surface area (Å²) in [6.45, 7) is 2.87. The molecular formula is C25H31N3O. The number of rotatable bonds is 11. The molecule has 2 N–H and O–H groups in total. The SMILES string of the molecule is CCCCCCOc1nc(CCCc2ccccc2)cc(-c2ccc(N)cc2)n1. The Bertz CT molecular complexity index is 863. The summed E-state index contributed by atoms with van der Waals surface area (Å²) in [5.41, 5.74) is 10.9. The first-order chi connectivity index (χ1) is 14.2. The minimum absolute atomic E-state index is 0.477. The molecule has 1 aromatic heterocycles. The van der Waals surface area contributed by atoms with Gasteiger partial charge in [0.05, 0.1) is 12.3 Å². The molecule has 0 bridgehead atoms. The molecule has 0 spiro atoms. The van der Waals surface area contributed by atoms with Crippen LogP contribution < -0.4 is 10.5 Å². The van der Waals surface area contributed by atoms with E-state index in [1.165, 1.54) is 24.8 Å². The van der Waals surface area contributed by atoms with Gasteiger partial charge in [-0.1, -0.05) is 68.7 Å². The zero-order valence-corrected chi connectivity index (χ0v) is 17.3. The fourth-order valence-electron chi connectivity index (χ4n) is 3.28. The number of nitrogens with zero attached hydrogens (tertiary/aromatic N) is 2. The van der Waals surface area contributed by atoms with Gasteiger partial charge in [-0.3, -0.25) is 0 Å². The fraction of sp³-hybridized carbons (Fsp3) is 0.360. The van der Waals surface area contributed by atoms with Crippen molar-refractivity contribution < 1.29 is 4.74 Å². The summed E-state index contributed by atoms with van der Waals surface area (Å²) in [5, 5.41) is 0. The van der Waals surface area contributed by atoms with Crippen molar-refractivity contribution in [2.24, 2.45) is 0 Å². The summed E-state index contributed by atoms with van der Waals surface area (Å²) in [7, 11) is 0. The molecule has 0 aliphatic rings. The number of hydrogen-bond acceptors (Lipinski definition) is 4. The van der Waals surface area contributed by atoms with E-state index in [1.54, 1.807) is 0 Å². The molecule has 3 aromatic rings. The Morgan fingerprint density at radius 3 is 2.38 bits per heavy atom. The molecule has 1 heterocycles. The maximum absolute atomic E-state index is 5.90. The molecule has 0 aliphatic heterocycles. The lowest BCUT2D eigenvalue weighted by molar-refractivity contribution is 0.281. The summed E-state index contributed by atoms with van der Waals surface area (Å²) in [5.74, 6) is 0. The van der Waals surface area contributed by atoms with Crippen LogP contribution in [0.1, 0.15) is 50.3 Å². The van der Waals surface area contributed by atoms with Crippen molar-refractivity contribution in [3.05, 3.63) is 71.9 Å². The number of aromatic nitrogens is 2. The van der Waals surface area contributed by atoms with Crippen LogP contribution in [0.2, 0.25) is 0 Å². The van der Waals surface area contributed by atoms with E-state index < -0.39 is 0 Å². The Balaban J connectivity index is 1.70. The molecule has 29 heavy (non-hydrogen) atoms. The second-order valence-electron chi connectivity index (χ2n) is 7.40. The first-order valence-corrected chi connectivity index (χ1v) is 10.6. The molecule has 0 saturated carbocycles. The van der Waals surface area contributed by atoms with Gasteiger partial charge in [0.2, 0.25) is 0 Å². The van der Waals surface area contributed by atoms with E-state index in [9.17, 15) is 0 Å². The monoisotopic (exact) mass is 389 g/mol. The third-order valence-electron chi connectivity index (χ3n) is 4.94. The average Bonchev–Trinajstić information content (AvgIpc) is 2.75. The maximum Gasteiger partial charge on any atom is 0.317 e. The van der Waals surface area contributed by atoms with Gasteiger partial charge in [0.1, 0.15) is 0 Å². The van der Waals surface area contributed by atoms with Gasteiger partial charge in [-0.2, -0.15) is 4.98 Å². The van der Waals surface area contributed by atoms with E-state index in [-0.39, 0.29) is 0 Å². The van der Waals surface area contributed by atoms with Crippen LogP contribution in [0.5, 0.6) is 6.01 Å². The smallest absolute Gasteiger partial charge is 0.317 e. The van der Waals surface area contributed by atoms with Gasteiger partial charge >= 0.3 is 6.01 Å². The van der Waals surface area contributed by atoms with Gasteiger partial charge in [-0.25, -0.2) is 4.98 Å². The van der Waals surface area contributed by atoms with Crippen LogP contribution in [0.25, 0.3) is 11.3 Å². The normalized spacial score (nSPS) is 10.8. The van der Waals surface area contributed by atoms with Crippen LogP contribution in [0.3, 0.4) is 0 Å². The van der Waals surface area contributed by atoms with E-state index in [0.717, 1.165) is 48.3 Å². The number of anilines is 1. The number of ether oxygens (including phenoxy) is 1. The van der Waals surface area contributed by atoms with Crippen LogP contribution in [-0.2, 0) is 12.8 Å². The van der Waals surface area contributed by atoms with E-state index >= 15 is 0 Å². The molecule has 2 aromatic carbocycles. The predicted octanol–water partition coefficient (Wildman–Crippen LogP) is 5.86. The molecule has 0 unspecified atom stereocenters. The Morgan fingerprint density at radius 2 is 1.62 bits per heavy atom. The first-order valence-electron chi connectivity index (χ1n) is 10.6. The fourth-order valence-corrected chi connectivity index (χ4v) is 3.28. The summed E-state index contributed by atoms with van der Waals surface area (Å²) in [6, 6.07) is 20.9. The molecule has 0 aliphatic carbocycles. The Morgan fingerprint density at radius 1 is 0.828 bits per heavy atom. The summed E-state index contributed by atoms with van der Waals surface area (Å²) < 4.78 is 5.90. The van der Waals surface area contributed by atoms with Gasteiger partial charge in [0, 0.05) is 16.9 Å². The highest BCUT2D eigenvalue weighted by molar-refractivity contribution is 5.62. The molecule has 0 saturated heterocycles. The average molecular weight is 390 g/mol. The summed E-state index contributed by atoms with van der Waals surface area (Å²) in [6.07, 6.45) is 7.64. The first kappa shape index (κ1) is 20.8. The van der Waals surface area contributed by atoms with E-state index in [1.807, 2.05) is 24.3 Å². The lowest BCUT2D eigenvalue weighted by Crippen LogP contribution is -2.05. The van der Waals surface area contributed by atoms with Gasteiger partial charge in [-0.15, -0.1) is 0 Å². The zero-order valence-electron chi connectivity index (χ0n) is 17.3. The lowest BCUT2D eigenvalue weighted by Gasteiger charge is -2.10. The summed E-state index contributed by atoms with van der Waals surface area (Å²) in [4.78, 5) is 9.31. The van der Waals surface area contributed by atoms with Crippen LogP contribution in [0, 0.1) is 0 Å². The van der Waals surface area contributed by atoms with Gasteiger partial charge in [0.25, 0.3) is 0 Å². The van der Waals surface area contributed by atoms with Crippen molar-refractivity contribution in [2.45, 2.75) is 51.9 Å². The van der Waals surface area contributed by atoms with E-state index in [4.69, 9.17) is 10.5 Å². The number of aryl methyl sites for hydroxylation is 2. The second kappa shape index (κ2) is 11.2. The Kier molecular flexibility index (Phi) is 8.05. The van der Waals surface area contributed by atoms with Crippen LogP contribution in [0.15, 0.2) is 60.7 Å². The van der Waals surface area contributed by atoms with Gasteiger partial charge in [-0.05, 0) is 49.4 Å². The number of nitrogen functional groups attached to an aromatic ring is 1. The van der Waals surface area contributed by atoms with Crippen LogP contribution in [0.4, 0.5) is 5.69 Å². The highest BCUT2D eigenvalue weighted by Crippen LogP contribution is 2.22. The lowest BCUT2D eigenvalue weighted by atomic mass is 10.1. The van der Waals surface area contributed by atoms with Gasteiger partial charge < -0.3 is 10.5 Å². The standard InChI is InChI=1S/C25H31N3O/c1-2-3-4-8-18-29-25-27-23(13-9-12-20-10-6-5-7-11-20)19-24(28-25)21-14-16-22(26)17-15-21/h5-7,10-11,14-17,19H,2-4,8-9,12-13,18,26H2,1H3. The number of unbranched alkanes of at least 4 members (excludes halogenated alkanes) is 3. The molecular weight excluding hydrogens is 358 g/mol. The largest absolute Gasteiger partial charge is 0.463 e. The Hall–Kier alpha value is -2.88. The number of hydrogen-bond donors (Lipinski definition) is 1. The third kappa shape index (κ3) is 6.90. The van der Waals surface area contributed by atoms with Crippen molar-refractivity contribution in [1.29, 1.82) is 0 Å². The number of benzene rings is 2. The van der Waals surface area contributed by atoms with Crippen molar-refractivity contribution in [3.63, 3.8) is 0 Å². The highest BCUT2D eigenvalue weighted by Gasteiger charge is 2.08. The molecule has 0 atom stereocenters. The van der Waals surface area contributed by atoms with E-state index in [2.05, 4.69) is 53.3 Å². The predicted molar refractivity (Wildman–Crippen MR) is 120 cm³/mol. The molecule has 3 rings (SSSR count). The minimum atomic E-state index is 0.477. The van der Waals surface area contributed by atoms with Crippen LogP contribution >= 0.6 is 0 Å². The van der Waals surface area contributed by atoms with Gasteiger partial charge in [0.15, 0.2) is 0 Å². The molecule has 4 heteroatoms. The van der Waals surface area contributed by atoms with Crippen LogP contribution in [-0.4, -0.2) is 16.6 Å². The van der Waals surface area contributed by atoms with Crippen molar-refractivity contribution in [3.8, 4) is 17.3 Å². The summed E-state index contributed by atoms with van der Waals surface area (Å²) >= 11 is 0. The quantitative estimate of drug-likeness (QED) is 0.329. The molecule has 4 nitrogen and oxygen atoms in total. The third-order valence-corrected chi connectivity index (χ3v) is 4.94. The number of nitrogens with two attached hydrogens (primary N) is 1. The van der Waals surface area contributed by atoms with Crippen molar-refractivity contribution in [2.75, 3.05) is 12.3 Å². The van der Waals surface area contributed by atoms with E-state index in [0.29, 0.717) is 12.6 Å². The maximum atomic E-state index is 5.90. The van der Waals surface area contributed by atoms with Crippen molar-refractivity contribution >= 4 is 5.69 Å². The minimum Gasteiger partial charge on any atom is -0.463 e. The molecule has 152 valence electrons.